The van der Waals surface area contributed by atoms with Crippen LogP contribution >= 0.6 is 11.3 Å². The maximum Gasteiger partial charge on any atom is 0.407 e. The van der Waals surface area contributed by atoms with E-state index in [0.717, 1.165) is 16.0 Å². The van der Waals surface area contributed by atoms with Crippen LogP contribution < -0.4 is 10.1 Å². The molecule has 1 amide bonds. The van der Waals surface area contributed by atoms with Gasteiger partial charge in [0.1, 0.15) is 12.4 Å². The standard InChI is InChI=1S/C27H33N3O6S2/c1-19(2)15-30(38(33,34)23-8-9-26-21(13-23)10-11-35-26)16-25(31)24(12-20-6-4-3-5-7-20)29-27(32)36-17-22-14-28-18-37-22/h3-9,13-14,18-19,24-25,31H,10-12,15-17H2,1-2H3,(H,29,32)/t24?,25-/m1/s1. The number of thiazole rings is 1. The van der Waals surface area contributed by atoms with Gasteiger partial charge in [-0.2, -0.15) is 4.31 Å². The van der Waals surface area contributed by atoms with E-state index < -0.39 is 28.3 Å². The molecule has 1 aliphatic rings. The number of carbonyl (C=O) groups is 1. The van der Waals surface area contributed by atoms with Crippen molar-refractivity contribution in [1.29, 1.82) is 0 Å². The van der Waals surface area contributed by atoms with Crippen molar-refractivity contribution < 1.29 is 27.8 Å². The van der Waals surface area contributed by atoms with Crippen molar-refractivity contribution in [3.8, 4) is 5.75 Å². The zero-order valence-electron chi connectivity index (χ0n) is 21.4. The molecule has 2 aromatic carbocycles. The first-order valence-corrected chi connectivity index (χ1v) is 14.8. The van der Waals surface area contributed by atoms with E-state index in [-0.39, 0.29) is 30.5 Å². The van der Waals surface area contributed by atoms with E-state index in [9.17, 15) is 18.3 Å². The lowest BCUT2D eigenvalue weighted by atomic mass is 10.0. The number of nitrogens with zero attached hydrogens (tertiary/aromatic N) is 2. The molecule has 0 fully saturated rings. The van der Waals surface area contributed by atoms with Crippen LogP contribution in [0.15, 0.2) is 65.1 Å². The number of sulfonamides is 1. The fourth-order valence-corrected chi connectivity index (χ4v) is 6.46. The van der Waals surface area contributed by atoms with Crippen molar-refractivity contribution in [2.75, 3.05) is 19.7 Å². The van der Waals surface area contributed by atoms with Gasteiger partial charge in [0.15, 0.2) is 0 Å². The summed E-state index contributed by atoms with van der Waals surface area (Å²) in [5.74, 6) is 0.711. The van der Waals surface area contributed by atoms with E-state index in [2.05, 4.69) is 10.3 Å². The molecule has 4 rings (SSSR count). The summed E-state index contributed by atoms with van der Waals surface area (Å²) in [6, 6.07) is 13.5. The maximum atomic E-state index is 13.7. The van der Waals surface area contributed by atoms with Crippen LogP contribution in [0.25, 0.3) is 0 Å². The highest BCUT2D eigenvalue weighted by Gasteiger charge is 2.32. The number of alkyl carbamates (subject to hydrolysis) is 1. The monoisotopic (exact) mass is 559 g/mol. The number of aliphatic hydroxyl groups is 1. The molecule has 3 aromatic rings. The first-order chi connectivity index (χ1) is 18.2. The van der Waals surface area contributed by atoms with Gasteiger partial charge in [0.25, 0.3) is 0 Å². The van der Waals surface area contributed by atoms with Crippen LogP contribution in [0.2, 0.25) is 0 Å². The van der Waals surface area contributed by atoms with Crippen LogP contribution in [0.1, 0.15) is 29.9 Å². The lowest BCUT2D eigenvalue weighted by Crippen LogP contribution is -2.51. The second kappa shape index (κ2) is 12.7. The summed E-state index contributed by atoms with van der Waals surface area (Å²) in [7, 11) is -3.92. The van der Waals surface area contributed by atoms with Crippen LogP contribution in [0.3, 0.4) is 0 Å². The summed E-state index contributed by atoms with van der Waals surface area (Å²) in [5.41, 5.74) is 3.38. The predicted molar refractivity (Wildman–Crippen MR) is 145 cm³/mol. The first kappa shape index (κ1) is 28.0. The number of ether oxygens (including phenoxy) is 2. The van der Waals surface area contributed by atoms with Gasteiger partial charge in [-0.25, -0.2) is 13.2 Å². The Morgan fingerprint density at radius 1 is 1.21 bits per heavy atom. The molecule has 11 heteroatoms. The topological polar surface area (TPSA) is 118 Å². The smallest absolute Gasteiger partial charge is 0.407 e. The quantitative estimate of drug-likeness (QED) is 0.348. The van der Waals surface area contributed by atoms with E-state index in [1.807, 2.05) is 44.2 Å². The second-order valence-corrected chi connectivity index (χ2v) is 12.5. The van der Waals surface area contributed by atoms with Crippen molar-refractivity contribution in [2.45, 2.75) is 50.3 Å². The molecule has 2 atom stereocenters. The Kier molecular flexibility index (Phi) is 9.37. The Morgan fingerprint density at radius 2 is 2.00 bits per heavy atom. The largest absolute Gasteiger partial charge is 0.493 e. The molecule has 0 radical (unpaired) electrons. The van der Waals surface area contributed by atoms with E-state index >= 15 is 0 Å². The summed E-state index contributed by atoms with van der Waals surface area (Å²) >= 11 is 1.37. The van der Waals surface area contributed by atoms with Crippen molar-refractivity contribution in [1.82, 2.24) is 14.6 Å². The van der Waals surface area contributed by atoms with Gasteiger partial charge >= 0.3 is 6.09 Å². The highest BCUT2D eigenvalue weighted by Crippen LogP contribution is 2.29. The zero-order chi connectivity index (χ0) is 27.1. The number of rotatable bonds is 12. The Bertz CT molecular complexity index is 1300. The fraction of sp³-hybridized carbons (Fsp3) is 0.407. The van der Waals surface area contributed by atoms with Crippen LogP contribution in [0.4, 0.5) is 4.79 Å². The Balaban J connectivity index is 1.52. The molecule has 204 valence electrons. The van der Waals surface area contributed by atoms with Crippen LogP contribution in [-0.2, 0) is 34.2 Å². The number of aliphatic hydroxyl groups excluding tert-OH is 1. The fourth-order valence-electron chi connectivity index (χ4n) is 4.28. The molecule has 38 heavy (non-hydrogen) atoms. The zero-order valence-corrected chi connectivity index (χ0v) is 23.1. The molecule has 1 unspecified atom stereocenters. The number of fused-ring (bicyclic) bond motifs is 1. The molecule has 0 aliphatic carbocycles. The molecule has 1 aliphatic heterocycles. The predicted octanol–water partition coefficient (Wildman–Crippen LogP) is 3.62. The average molecular weight is 560 g/mol. The maximum absolute atomic E-state index is 13.7. The molecule has 1 aromatic heterocycles. The van der Waals surface area contributed by atoms with E-state index in [0.29, 0.717) is 25.2 Å². The van der Waals surface area contributed by atoms with Gasteiger partial charge in [0.05, 0.1) is 34.0 Å². The minimum atomic E-state index is -3.92. The molecule has 9 nitrogen and oxygen atoms in total. The number of benzene rings is 2. The van der Waals surface area contributed by atoms with Crippen molar-refractivity contribution in [2.24, 2.45) is 5.92 Å². The summed E-state index contributed by atoms with van der Waals surface area (Å²) in [4.78, 5) is 17.5. The molecule has 2 N–H and O–H groups in total. The van der Waals surface area contributed by atoms with Crippen molar-refractivity contribution in [3.05, 3.63) is 76.2 Å². The van der Waals surface area contributed by atoms with Gasteiger partial charge < -0.3 is 19.9 Å². The molecule has 0 bridgehead atoms. The summed E-state index contributed by atoms with van der Waals surface area (Å²) in [6.45, 7) is 4.44. The third kappa shape index (κ3) is 7.31. The summed E-state index contributed by atoms with van der Waals surface area (Å²) < 4.78 is 39.5. The highest BCUT2D eigenvalue weighted by atomic mass is 32.2. The Morgan fingerprint density at radius 3 is 2.71 bits per heavy atom. The number of carbonyl (C=O) groups excluding carboxylic acids is 1. The lowest BCUT2D eigenvalue weighted by molar-refractivity contribution is 0.0876. The Hall–Kier alpha value is -2.99. The molecule has 0 saturated heterocycles. The van der Waals surface area contributed by atoms with Crippen LogP contribution in [-0.4, -0.2) is 60.7 Å². The lowest BCUT2D eigenvalue weighted by Gasteiger charge is -2.30. The highest BCUT2D eigenvalue weighted by molar-refractivity contribution is 7.89. The van der Waals surface area contributed by atoms with Gasteiger partial charge in [0.2, 0.25) is 10.0 Å². The molecule has 2 heterocycles. The van der Waals surface area contributed by atoms with Gasteiger partial charge in [-0.1, -0.05) is 44.2 Å². The van der Waals surface area contributed by atoms with Crippen LogP contribution in [0, 0.1) is 5.92 Å². The molecule has 0 saturated carbocycles. The number of nitrogens with one attached hydrogen (secondary N) is 1. The van der Waals surface area contributed by atoms with E-state index in [1.54, 1.807) is 23.8 Å². The van der Waals surface area contributed by atoms with Gasteiger partial charge in [-0.15, -0.1) is 11.3 Å². The number of hydrogen-bond donors (Lipinski definition) is 2. The summed E-state index contributed by atoms with van der Waals surface area (Å²) in [5, 5.41) is 14.1. The average Bonchev–Trinajstić information content (AvgIpc) is 3.58. The van der Waals surface area contributed by atoms with E-state index in [4.69, 9.17) is 9.47 Å². The molecular formula is C27H33N3O6S2. The minimum Gasteiger partial charge on any atom is -0.493 e. The minimum absolute atomic E-state index is 0.0136. The third-order valence-electron chi connectivity index (χ3n) is 6.15. The van der Waals surface area contributed by atoms with Crippen molar-refractivity contribution in [3.63, 3.8) is 0 Å². The summed E-state index contributed by atoms with van der Waals surface area (Å²) in [6.07, 6.45) is 0.669. The normalized spacial score (nSPS) is 14.7. The number of aromatic nitrogens is 1. The van der Waals surface area contributed by atoms with Gasteiger partial charge in [0, 0.05) is 25.7 Å². The number of amides is 1. The van der Waals surface area contributed by atoms with Gasteiger partial charge in [-0.05, 0) is 41.7 Å². The van der Waals surface area contributed by atoms with Crippen molar-refractivity contribution >= 4 is 27.5 Å². The van der Waals surface area contributed by atoms with Crippen LogP contribution in [0.5, 0.6) is 5.75 Å². The third-order valence-corrected chi connectivity index (χ3v) is 8.73. The molecular weight excluding hydrogens is 526 g/mol. The SMILES string of the molecule is CC(C)CN(C[C@@H](O)C(Cc1ccccc1)NC(=O)OCc1cncs1)S(=O)(=O)c1ccc2c(c1)CCO2. The van der Waals surface area contributed by atoms with E-state index in [1.165, 1.54) is 21.7 Å². The first-order valence-electron chi connectivity index (χ1n) is 12.5. The number of hydrogen-bond acceptors (Lipinski definition) is 8. The van der Waals surface area contributed by atoms with Gasteiger partial charge in [-0.3, -0.25) is 4.98 Å². The Labute approximate surface area is 227 Å². The second-order valence-electron chi connectivity index (χ2n) is 9.64. The molecule has 0 spiro atoms.